The van der Waals surface area contributed by atoms with Gasteiger partial charge in [-0.05, 0) is 18.2 Å². The summed E-state index contributed by atoms with van der Waals surface area (Å²) in [5, 5.41) is -0.325. The Morgan fingerprint density at radius 2 is 1.53 bits per heavy atom. The fourth-order valence-corrected chi connectivity index (χ4v) is 1.70. The molecule has 0 radical (unpaired) electrons. The molecule has 2 aromatic carbocycles. The van der Waals surface area contributed by atoms with Gasteiger partial charge in [-0.2, -0.15) is 0 Å². The zero-order chi connectivity index (χ0) is 14.2. The molecule has 0 atom stereocenters. The summed E-state index contributed by atoms with van der Waals surface area (Å²) in [6.45, 7) is 0. The second-order valence-electron chi connectivity index (χ2n) is 3.68. The molecule has 0 aliphatic rings. The zero-order valence-electron chi connectivity index (χ0n) is 9.18. The van der Waals surface area contributed by atoms with E-state index in [4.69, 9.17) is 11.6 Å². The van der Waals surface area contributed by atoms with Crippen LogP contribution in [0.1, 0.15) is 15.9 Å². The summed E-state index contributed by atoms with van der Waals surface area (Å²) in [7, 11) is 0. The van der Waals surface area contributed by atoms with Crippen molar-refractivity contribution < 1.29 is 22.4 Å². The minimum atomic E-state index is -1.43. The molecule has 0 unspecified atom stereocenters. The minimum absolute atomic E-state index is 0.227. The van der Waals surface area contributed by atoms with Crippen molar-refractivity contribution in [3.8, 4) is 0 Å². The molecule has 0 spiro atoms. The van der Waals surface area contributed by atoms with Gasteiger partial charge in [-0.3, -0.25) is 4.79 Å². The molecule has 0 fully saturated rings. The maximum Gasteiger partial charge on any atom is 0.199 e. The highest BCUT2D eigenvalue weighted by Crippen LogP contribution is 2.23. The second-order valence-corrected chi connectivity index (χ2v) is 4.08. The molecule has 2 aromatic rings. The van der Waals surface area contributed by atoms with Crippen LogP contribution in [0.4, 0.5) is 17.6 Å². The van der Waals surface area contributed by atoms with Crippen molar-refractivity contribution in [1.29, 1.82) is 0 Å². The van der Waals surface area contributed by atoms with Crippen molar-refractivity contribution in [2.45, 2.75) is 0 Å². The average molecular weight is 289 g/mol. The Bertz CT molecular complexity index is 670. The van der Waals surface area contributed by atoms with E-state index in [1.807, 2.05) is 0 Å². The van der Waals surface area contributed by atoms with E-state index >= 15 is 0 Å². The molecule has 0 aromatic heterocycles. The molecular formula is C13H5ClF4O. The van der Waals surface area contributed by atoms with Crippen molar-refractivity contribution in [2.24, 2.45) is 0 Å². The smallest absolute Gasteiger partial charge is 0.199 e. The van der Waals surface area contributed by atoms with Crippen LogP contribution in [0.25, 0.3) is 0 Å². The van der Waals surface area contributed by atoms with Crippen LogP contribution in [0, 0.1) is 23.3 Å². The summed E-state index contributed by atoms with van der Waals surface area (Å²) in [6.07, 6.45) is 0. The minimum Gasteiger partial charge on any atom is -0.288 e. The molecule has 6 heteroatoms. The van der Waals surface area contributed by atoms with Gasteiger partial charge in [-0.1, -0.05) is 17.7 Å². The lowest BCUT2D eigenvalue weighted by atomic mass is 10.0. The number of rotatable bonds is 2. The molecule has 0 saturated heterocycles. The first-order valence-corrected chi connectivity index (χ1v) is 5.43. The van der Waals surface area contributed by atoms with Gasteiger partial charge in [0.05, 0.1) is 16.1 Å². The summed E-state index contributed by atoms with van der Waals surface area (Å²) in [4.78, 5) is 11.9. The fourth-order valence-electron chi connectivity index (χ4n) is 1.52. The number of ketones is 1. The molecule has 0 heterocycles. The van der Waals surface area contributed by atoms with Crippen molar-refractivity contribution in [3.05, 3.63) is 69.8 Å². The van der Waals surface area contributed by atoms with Gasteiger partial charge in [-0.15, -0.1) is 0 Å². The van der Waals surface area contributed by atoms with Crippen LogP contribution in [0.3, 0.4) is 0 Å². The van der Waals surface area contributed by atoms with E-state index in [2.05, 4.69) is 0 Å². The fraction of sp³-hybridized carbons (Fsp3) is 0. The van der Waals surface area contributed by atoms with Crippen LogP contribution in [-0.2, 0) is 0 Å². The first kappa shape index (κ1) is 13.5. The lowest BCUT2D eigenvalue weighted by Crippen LogP contribution is -2.08. The molecule has 0 bridgehead atoms. The molecule has 0 aliphatic heterocycles. The van der Waals surface area contributed by atoms with Gasteiger partial charge in [-0.25, -0.2) is 17.6 Å². The van der Waals surface area contributed by atoms with E-state index in [-0.39, 0.29) is 11.1 Å². The van der Waals surface area contributed by atoms with E-state index in [0.717, 1.165) is 6.07 Å². The van der Waals surface area contributed by atoms with Crippen molar-refractivity contribution in [3.63, 3.8) is 0 Å². The third-order valence-corrected chi connectivity index (χ3v) is 2.74. The van der Waals surface area contributed by atoms with E-state index in [1.54, 1.807) is 0 Å². The van der Waals surface area contributed by atoms with Gasteiger partial charge in [0.1, 0.15) is 5.82 Å². The molecule has 98 valence electrons. The summed E-state index contributed by atoms with van der Waals surface area (Å²) in [6, 6.07) is 4.17. The lowest BCUT2D eigenvalue weighted by Gasteiger charge is -2.05. The molecule has 0 aliphatic carbocycles. The van der Waals surface area contributed by atoms with Gasteiger partial charge in [0.2, 0.25) is 0 Å². The van der Waals surface area contributed by atoms with E-state index in [0.29, 0.717) is 6.07 Å². The van der Waals surface area contributed by atoms with Crippen LogP contribution in [0.5, 0.6) is 0 Å². The van der Waals surface area contributed by atoms with E-state index < -0.39 is 40.2 Å². The number of carbonyl (C=O) groups is 1. The van der Waals surface area contributed by atoms with Crippen LogP contribution in [0.15, 0.2) is 30.3 Å². The van der Waals surface area contributed by atoms with Crippen molar-refractivity contribution in [2.75, 3.05) is 0 Å². The third-order valence-electron chi connectivity index (χ3n) is 2.45. The highest BCUT2D eigenvalue weighted by molar-refractivity contribution is 6.31. The first-order chi connectivity index (χ1) is 8.91. The number of halogens is 5. The van der Waals surface area contributed by atoms with E-state index in [9.17, 15) is 22.4 Å². The quantitative estimate of drug-likeness (QED) is 0.461. The SMILES string of the molecule is O=C(c1cc(F)c(F)cc1F)c1cccc(Cl)c1F. The number of hydrogen-bond donors (Lipinski definition) is 0. The summed E-state index contributed by atoms with van der Waals surface area (Å²) in [5.41, 5.74) is -1.28. The molecule has 2 rings (SSSR count). The maximum atomic E-state index is 13.6. The Morgan fingerprint density at radius 1 is 0.895 bits per heavy atom. The van der Waals surface area contributed by atoms with Crippen molar-refractivity contribution in [1.82, 2.24) is 0 Å². The largest absolute Gasteiger partial charge is 0.288 e. The Kier molecular flexibility index (Phi) is 3.57. The third kappa shape index (κ3) is 2.46. The Balaban J connectivity index is 2.56. The molecule has 0 saturated carbocycles. The highest BCUT2D eigenvalue weighted by Gasteiger charge is 2.21. The highest BCUT2D eigenvalue weighted by atomic mass is 35.5. The van der Waals surface area contributed by atoms with Gasteiger partial charge in [0, 0.05) is 6.07 Å². The molecular weight excluding hydrogens is 284 g/mol. The van der Waals surface area contributed by atoms with Crippen LogP contribution in [0.2, 0.25) is 5.02 Å². The summed E-state index contributed by atoms with van der Waals surface area (Å²) >= 11 is 5.49. The number of carbonyl (C=O) groups excluding carboxylic acids is 1. The first-order valence-electron chi connectivity index (χ1n) is 5.05. The van der Waals surface area contributed by atoms with Crippen LogP contribution >= 0.6 is 11.6 Å². The van der Waals surface area contributed by atoms with E-state index in [1.165, 1.54) is 12.1 Å². The van der Waals surface area contributed by atoms with Gasteiger partial charge >= 0.3 is 0 Å². The monoisotopic (exact) mass is 288 g/mol. The van der Waals surface area contributed by atoms with Gasteiger partial charge < -0.3 is 0 Å². The van der Waals surface area contributed by atoms with Gasteiger partial charge in [0.15, 0.2) is 23.2 Å². The van der Waals surface area contributed by atoms with Gasteiger partial charge in [0.25, 0.3) is 0 Å². The van der Waals surface area contributed by atoms with Crippen LogP contribution in [-0.4, -0.2) is 5.78 Å². The zero-order valence-corrected chi connectivity index (χ0v) is 9.94. The Hall–Kier alpha value is -1.88. The normalized spacial score (nSPS) is 10.6. The molecule has 1 nitrogen and oxygen atoms in total. The summed E-state index contributed by atoms with van der Waals surface area (Å²) in [5.74, 6) is -6.26. The summed E-state index contributed by atoms with van der Waals surface area (Å²) < 4.78 is 52.8. The van der Waals surface area contributed by atoms with Crippen molar-refractivity contribution >= 4 is 17.4 Å². The second kappa shape index (κ2) is 5.01. The lowest BCUT2D eigenvalue weighted by molar-refractivity contribution is 0.103. The Morgan fingerprint density at radius 3 is 2.21 bits per heavy atom. The number of hydrogen-bond acceptors (Lipinski definition) is 1. The molecule has 19 heavy (non-hydrogen) atoms. The topological polar surface area (TPSA) is 17.1 Å². The standard InChI is InChI=1S/C13H5ClF4O/c14-8-3-1-2-6(12(8)18)13(19)7-4-10(16)11(17)5-9(7)15/h1-5H. The number of benzene rings is 2. The average Bonchev–Trinajstić information content (AvgIpc) is 2.36. The molecule has 0 amide bonds. The predicted molar refractivity (Wildman–Crippen MR) is 61.2 cm³/mol. The Labute approximate surface area is 110 Å². The van der Waals surface area contributed by atoms with Crippen LogP contribution < -0.4 is 0 Å². The molecule has 0 N–H and O–H groups in total. The maximum absolute atomic E-state index is 13.6. The predicted octanol–water partition coefficient (Wildman–Crippen LogP) is 4.13.